The number of halogens is 4. The summed E-state index contributed by atoms with van der Waals surface area (Å²) >= 11 is 5.58. The van der Waals surface area contributed by atoms with Gasteiger partial charge in [0.05, 0.1) is 23.6 Å². The van der Waals surface area contributed by atoms with Gasteiger partial charge in [-0.2, -0.15) is 17.5 Å². The normalized spacial score (nSPS) is 20.4. The molecule has 1 aromatic carbocycles. The Bertz CT molecular complexity index is 722. The lowest BCUT2D eigenvalue weighted by Gasteiger charge is -2.30. The number of aliphatic carboxylic acids is 1. The average molecular weight is 374 g/mol. The van der Waals surface area contributed by atoms with Crippen molar-refractivity contribution in [3.8, 4) is 0 Å². The van der Waals surface area contributed by atoms with Crippen molar-refractivity contribution < 1.29 is 36.2 Å². The van der Waals surface area contributed by atoms with E-state index in [0.717, 1.165) is 10.4 Å². The predicted molar refractivity (Wildman–Crippen MR) is 72.6 cm³/mol. The molecular formula is C12H11ClF3NO5S. The highest BCUT2D eigenvalue weighted by atomic mass is 35.5. The number of carboxylic acids is 1. The number of alkyl halides is 3. The van der Waals surface area contributed by atoms with Crippen LogP contribution >= 0.6 is 11.6 Å². The van der Waals surface area contributed by atoms with Crippen molar-refractivity contribution in [2.75, 3.05) is 19.7 Å². The van der Waals surface area contributed by atoms with E-state index in [1.807, 2.05) is 0 Å². The second-order valence-corrected chi connectivity index (χ2v) is 7.11. The number of benzene rings is 1. The van der Waals surface area contributed by atoms with Crippen LogP contribution in [-0.2, 0) is 25.7 Å². The van der Waals surface area contributed by atoms with Gasteiger partial charge in [-0.15, -0.1) is 0 Å². The van der Waals surface area contributed by atoms with E-state index >= 15 is 0 Å². The van der Waals surface area contributed by atoms with Gasteiger partial charge in [0, 0.05) is 11.6 Å². The lowest BCUT2D eigenvalue weighted by Crippen LogP contribution is -2.48. The van der Waals surface area contributed by atoms with Crippen molar-refractivity contribution in [3.63, 3.8) is 0 Å². The number of carboxylic acid groups (broad SMARTS) is 1. The molecule has 0 aromatic heterocycles. The SMILES string of the molecule is O=C(O)C1CN(S(=O)(=O)c2cc(Cl)cc(C(F)(F)F)c2)CCO1. The number of hydrogen-bond acceptors (Lipinski definition) is 4. The third kappa shape index (κ3) is 3.94. The molecule has 128 valence electrons. The number of carbonyl (C=O) groups is 1. The van der Waals surface area contributed by atoms with Gasteiger partial charge in [-0.3, -0.25) is 0 Å². The van der Waals surface area contributed by atoms with Gasteiger partial charge >= 0.3 is 12.1 Å². The minimum atomic E-state index is -4.76. The van der Waals surface area contributed by atoms with Gasteiger partial charge in [0.25, 0.3) is 0 Å². The van der Waals surface area contributed by atoms with Crippen LogP contribution in [0.1, 0.15) is 5.56 Å². The van der Waals surface area contributed by atoms with E-state index in [2.05, 4.69) is 0 Å². The molecule has 0 bridgehead atoms. The molecule has 1 aliphatic rings. The zero-order valence-corrected chi connectivity index (χ0v) is 13.0. The lowest BCUT2D eigenvalue weighted by atomic mass is 10.2. The van der Waals surface area contributed by atoms with Crippen LogP contribution in [0.5, 0.6) is 0 Å². The summed E-state index contributed by atoms with van der Waals surface area (Å²) in [7, 11) is -4.33. The van der Waals surface area contributed by atoms with E-state index in [1.54, 1.807) is 0 Å². The maximum atomic E-state index is 12.8. The fraction of sp³-hybridized carbons (Fsp3) is 0.417. The van der Waals surface area contributed by atoms with E-state index in [0.29, 0.717) is 12.1 Å². The first-order valence-corrected chi connectivity index (χ1v) is 8.06. The Balaban J connectivity index is 2.40. The summed E-state index contributed by atoms with van der Waals surface area (Å²) in [5.74, 6) is -1.35. The van der Waals surface area contributed by atoms with Crippen LogP contribution < -0.4 is 0 Å². The summed E-state index contributed by atoms with van der Waals surface area (Å²) < 4.78 is 68.9. The van der Waals surface area contributed by atoms with E-state index in [1.165, 1.54) is 0 Å². The van der Waals surface area contributed by atoms with Crippen LogP contribution in [0, 0.1) is 0 Å². The van der Waals surface area contributed by atoms with E-state index in [9.17, 15) is 26.4 Å². The molecule has 1 saturated heterocycles. The molecule has 1 aliphatic heterocycles. The first kappa shape index (κ1) is 18.0. The highest BCUT2D eigenvalue weighted by molar-refractivity contribution is 7.89. The highest BCUT2D eigenvalue weighted by Gasteiger charge is 2.36. The molecule has 1 aromatic rings. The summed E-state index contributed by atoms with van der Waals surface area (Å²) in [6.07, 6.45) is -6.14. The van der Waals surface area contributed by atoms with Crippen LogP contribution in [0.3, 0.4) is 0 Å². The summed E-state index contributed by atoms with van der Waals surface area (Å²) in [5.41, 5.74) is -1.20. The molecule has 1 unspecified atom stereocenters. The Morgan fingerprint density at radius 3 is 2.57 bits per heavy atom. The van der Waals surface area contributed by atoms with Gasteiger partial charge in [-0.25, -0.2) is 13.2 Å². The van der Waals surface area contributed by atoms with Crippen molar-refractivity contribution in [1.82, 2.24) is 4.31 Å². The number of nitrogens with zero attached hydrogens (tertiary/aromatic N) is 1. The molecule has 23 heavy (non-hydrogen) atoms. The maximum absolute atomic E-state index is 12.8. The lowest BCUT2D eigenvalue weighted by molar-refractivity contribution is -0.153. The molecular weight excluding hydrogens is 363 g/mol. The summed E-state index contributed by atoms with van der Waals surface area (Å²) in [6.45, 7) is -0.839. The second kappa shape index (κ2) is 6.27. The standard InChI is InChI=1S/C12H11ClF3NO5S/c13-8-3-7(12(14,15)16)4-9(5-8)23(20,21)17-1-2-22-10(6-17)11(18)19/h3-5,10H,1-2,6H2,(H,18,19). The van der Waals surface area contributed by atoms with Gasteiger partial charge in [-0.1, -0.05) is 11.6 Å². The van der Waals surface area contributed by atoms with Crippen LogP contribution in [0.2, 0.25) is 5.02 Å². The van der Waals surface area contributed by atoms with Crippen molar-refractivity contribution in [3.05, 3.63) is 28.8 Å². The molecule has 0 saturated carbocycles. The number of rotatable bonds is 3. The van der Waals surface area contributed by atoms with Crippen molar-refractivity contribution in [1.29, 1.82) is 0 Å². The van der Waals surface area contributed by atoms with Crippen LogP contribution in [0.15, 0.2) is 23.1 Å². The molecule has 1 N–H and O–H groups in total. The van der Waals surface area contributed by atoms with E-state index < -0.39 is 45.3 Å². The molecule has 0 aliphatic carbocycles. The quantitative estimate of drug-likeness (QED) is 0.874. The third-order valence-corrected chi connectivity index (χ3v) is 5.20. The van der Waals surface area contributed by atoms with Crippen molar-refractivity contribution >= 4 is 27.6 Å². The Kier molecular flexibility index (Phi) is 4.90. The molecule has 11 heteroatoms. The first-order valence-electron chi connectivity index (χ1n) is 6.24. The highest BCUT2D eigenvalue weighted by Crippen LogP contribution is 2.33. The fourth-order valence-corrected chi connectivity index (χ4v) is 3.81. The number of sulfonamides is 1. The molecule has 1 fully saturated rings. The monoisotopic (exact) mass is 373 g/mol. The van der Waals surface area contributed by atoms with Gasteiger partial charge in [0.1, 0.15) is 0 Å². The molecule has 1 atom stereocenters. The molecule has 1 heterocycles. The summed E-state index contributed by atoms with van der Waals surface area (Å²) in [5, 5.41) is 8.48. The van der Waals surface area contributed by atoms with Gasteiger partial charge < -0.3 is 9.84 Å². The summed E-state index contributed by atoms with van der Waals surface area (Å²) in [4.78, 5) is 10.2. The molecule has 6 nitrogen and oxygen atoms in total. The Labute approximate surface area is 134 Å². The molecule has 0 amide bonds. The molecule has 2 rings (SSSR count). The first-order chi connectivity index (χ1) is 10.5. The van der Waals surface area contributed by atoms with Crippen molar-refractivity contribution in [2.45, 2.75) is 17.2 Å². The number of ether oxygens (including phenoxy) is 1. The Morgan fingerprint density at radius 1 is 1.35 bits per heavy atom. The molecule has 0 spiro atoms. The maximum Gasteiger partial charge on any atom is 0.416 e. The smallest absolute Gasteiger partial charge is 0.416 e. The summed E-state index contributed by atoms with van der Waals surface area (Å²) in [6, 6.07) is 1.96. The topological polar surface area (TPSA) is 83.9 Å². The second-order valence-electron chi connectivity index (χ2n) is 4.73. The predicted octanol–water partition coefficient (Wildman–Crippen LogP) is 1.83. The zero-order chi connectivity index (χ0) is 17.4. The van der Waals surface area contributed by atoms with Crippen LogP contribution in [-0.4, -0.2) is 49.6 Å². The Hall–Kier alpha value is -1.36. The van der Waals surface area contributed by atoms with Crippen LogP contribution in [0.25, 0.3) is 0 Å². The van der Waals surface area contributed by atoms with E-state index in [-0.39, 0.29) is 18.2 Å². The Morgan fingerprint density at radius 2 is 2.00 bits per heavy atom. The third-order valence-electron chi connectivity index (χ3n) is 3.14. The average Bonchev–Trinajstić information content (AvgIpc) is 2.45. The van der Waals surface area contributed by atoms with Crippen molar-refractivity contribution in [2.24, 2.45) is 0 Å². The fourth-order valence-electron chi connectivity index (χ4n) is 2.02. The van der Waals surface area contributed by atoms with Gasteiger partial charge in [-0.05, 0) is 18.2 Å². The largest absolute Gasteiger partial charge is 0.479 e. The minimum absolute atomic E-state index is 0.167. The zero-order valence-electron chi connectivity index (χ0n) is 11.4. The number of hydrogen-bond donors (Lipinski definition) is 1. The van der Waals surface area contributed by atoms with Gasteiger partial charge in [0.15, 0.2) is 6.10 Å². The number of morpholine rings is 1. The van der Waals surface area contributed by atoms with Crippen LogP contribution in [0.4, 0.5) is 13.2 Å². The van der Waals surface area contributed by atoms with E-state index in [4.69, 9.17) is 21.4 Å². The van der Waals surface area contributed by atoms with Gasteiger partial charge in [0.2, 0.25) is 10.0 Å². The minimum Gasteiger partial charge on any atom is -0.479 e. The molecule has 0 radical (unpaired) electrons.